The Morgan fingerprint density at radius 1 is 0.591 bits per heavy atom. The van der Waals surface area contributed by atoms with Gasteiger partial charge < -0.3 is 4.90 Å². The maximum atomic E-state index is 4.35. The molecular weight excluding hydrogens is 530 g/mol. The second-order valence-corrected chi connectivity index (χ2v) is 11.9. The molecule has 7 rings (SSSR count). The molecule has 0 amide bonds. The van der Waals surface area contributed by atoms with Crippen molar-refractivity contribution in [2.75, 3.05) is 4.90 Å². The molecule has 1 nitrogen and oxygen atoms in total. The zero-order chi connectivity index (χ0) is 30.1. The van der Waals surface area contributed by atoms with Crippen LogP contribution in [0.1, 0.15) is 36.1 Å². The molecule has 0 heterocycles. The monoisotopic (exact) mass is 565 g/mol. The first-order valence-electron chi connectivity index (χ1n) is 15.2. The molecule has 1 aliphatic carbocycles. The summed E-state index contributed by atoms with van der Waals surface area (Å²) >= 11 is 0. The molecule has 0 unspecified atom stereocenters. The van der Waals surface area contributed by atoms with Crippen molar-refractivity contribution < 1.29 is 0 Å². The van der Waals surface area contributed by atoms with E-state index in [0.717, 1.165) is 33.8 Å². The summed E-state index contributed by atoms with van der Waals surface area (Å²) in [6.45, 7) is 9.02. The Balaban J connectivity index is 1.44. The van der Waals surface area contributed by atoms with Gasteiger partial charge in [0.25, 0.3) is 0 Å². The van der Waals surface area contributed by atoms with Gasteiger partial charge in [0.1, 0.15) is 0 Å². The van der Waals surface area contributed by atoms with Gasteiger partial charge in [-0.1, -0.05) is 142 Å². The summed E-state index contributed by atoms with van der Waals surface area (Å²) in [5.41, 5.74) is 11.9. The first-order valence-corrected chi connectivity index (χ1v) is 15.2. The first kappa shape index (κ1) is 27.4. The highest BCUT2D eigenvalue weighted by Crippen LogP contribution is 2.50. The summed E-state index contributed by atoms with van der Waals surface area (Å²) in [6.07, 6.45) is 6.49. The van der Waals surface area contributed by atoms with Crippen molar-refractivity contribution in [3.63, 3.8) is 0 Å². The van der Waals surface area contributed by atoms with Crippen LogP contribution in [0.3, 0.4) is 0 Å². The summed E-state index contributed by atoms with van der Waals surface area (Å²) in [7, 11) is 0. The lowest BCUT2D eigenvalue weighted by atomic mass is 9.82. The molecular formula is C43H35N. The van der Waals surface area contributed by atoms with E-state index in [1.165, 1.54) is 33.0 Å². The molecule has 1 aliphatic rings. The number of benzene rings is 6. The molecule has 0 N–H and O–H groups in total. The quantitative estimate of drug-likeness (QED) is 0.137. The second-order valence-electron chi connectivity index (χ2n) is 11.9. The lowest BCUT2D eigenvalue weighted by Crippen LogP contribution is -2.18. The summed E-state index contributed by atoms with van der Waals surface area (Å²) < 4.78 is 0. The minimum absolute atomic E-state index is 0.0997. The molecule has 0 radical (unpaired) electrons. The highest BCUT2D eigenvalue weighted by Gasteiger charge is 2.35. The summed E-state index contributed by atoms with van der Waals surface area (Å²) in [4.78, 5) is 2.35. The third-order valence-corrected chi connectivity index (χ3v) is 8.82. The normalized spacial score (nSPS) is 13.8. The molecule has 6 aromatic rings. The predicted octanol–water partition coefficient (Wildman–Crippen LogP) is 11.6. The van der Waals surface area contributed by atoms with Crippen LogP contribution in [-0.4, -0.2) is 0 Å². The molecule has 0 saturated carbocycles. The summed E-state index contributed by atoms with van der Waals surface area (Å²) in [6, 6.07) is 52.1. The topological polar surface area (TPSA) is 3.24 Å². The molecule has 0 atom stereocenters. The zero-order valence-corrected chi connectivity index (χ0v) is 25.2. The van der Waals surface area contributed by atoms with Crippen LogP contribution in [0.4, 0.5) is 11.4 Å². The Labute approximate surface area is 260 Å². The van der Waals surface area contributed by atoms with Crippen LogP contribution in [0.5, 0.6) is 0 Å². The molecule has 212 valence electrons. The van der Waals surface area contributed by atoms with Gasteiger partial charge in [-0.2, -0.15) is 0 Å². The predicted molar refractivity (Wildman–Crippen MR) is 189 cm³/mol. The van der Waals surface area contributed by atoms with E-state index >= 15 is 0 Å². The summed E-state index contributed by atoms with van der Waals surface area (Å²) in [5.74, 6) is 0. The van der Waals surface area contributed by atoms with Crippen LogP contribution in [0.15, 0.2) is 170 Å². The van der Waals surface area contributed by atoms with E-state index in [4.69, 9.17) is 0 Å². The van der Waals surface area contributed by atoms with Gasteiger partial charge in [-0.15, -0.1) is 0 Å². The molecule has 0 spiro atoms. The van der Waals surface area contributed by atoms with Crippen molar-refractivity contribution in [2.24, 2.45) is 0 Å². The fraction of sp³-hybridized carbons (Fsp3) is 0.0698. The molecule has 0 saturated heterocycles. The van der Waals surface area contributed by atoms with Crippen molar-refractivity contribution in [2.45, 2.75) is 19.3 Å². The molecule has 6 aromatic carbocycles. The maximum Gasteiger partial charge on any atom is 0.0468 e. The fourth-order valence-corrected chi connectivity index (χ4v) is 6.54. The van der Waals surface area contributed by atoms with Gasteiger partial charge in [0.05, 0.1) is 0 Å². The SMILES string of the molecule is C=C/C(=C\C(=C\c1ccccc1)c1ccccc1)N(c1ccc2c(c1)C(C)(C)c1ccccc1-2)c1ccc2ccccc2c1. The fourth-order valence-electron chi connectivity index (χ4n) is 6.54. The standard InChI is InChI=1S/C43H35N/c1-4-36(29-35(32-17-9-6-10-18-32)27-31-15-7-5-8-16-31)44(37-24-23-33-19-11-12-20-34(33)28-37)38-25-26-40-39-21-13-14-22-41(39)43(2,3)42(40)30-38/h4-30H,1H2,2-3H3/b35-27-,36-29+. The third-order valence-electron chi connectivity index (χ3n) is 8.82. The van der Waals surface area contributed by atoms with Gasteiger partial charge >= 0.3 is 0 Å². The van der Waals surface area contributed by atoms with E-state index in [2.05, 4.69) is 183 Å². The molecule has 44 heavy (non-hydrogen) atoms. The Kier molecular flexibility index (Phi) is 7.08. The van der Waals surface area contributed by atoms with Crippen LogP contribution in [0.25, 0.3) is 33.5 Å². The Hall–Kier alpha value is -5.40. The van der Waals surface area contributed by atoms with Crippen molar-refractivity contribution in [1.82, 2.24) is 0 Å². The second kappa shape index (κ2) is 11.4. The minimum atomic E-state index is -0.0997. The van der Waals surface area contributed by atoms with Crippen LogP contribution in [-0.2, 0) is 5.41 Å². The molecule has 0 fully saturated rings. The molecule has 0 aliphatic heterocycles. The van der Waals surface area contributed by atoms with Crippen LogP contribution in [0, 0.1) is 0 Å². The van der Waals surface area contributed by atoms with Gasteiger partial charge in [0, 0.05) is 22.5 Å². The number of hydrogen-bond acceptors (Lipinski definition) is 1. The average Bonchev–Trinajstić information content (AvgIpc) is 3.30. The van der Waals surface area contributed by atoms with E-state index in [-0.39, 0.29) is 5.41 Å². The molecule has 0 bridgehead atoms. The van der Waals surface area contributed by atoms with Gasteiger partial charge in [0.15, 0.2) is 0 Å². The number of nitrogens with zero attached hydrogens (tertiary/aromatic N) is 1. The molecule has 0 aromatic heterocycles. The minimum Gasteiger partial charge on any atom is -0.310 e. The van der Waals surface area contributed by atoms with Crippen LogP contribution >= 0.6 is 0 Å². The average molecular weight is 566 g/mol. The third kappa shape index (κ3) is 4.97. The zero-order valence-electron chi connectivity index (χ0n) is 25.2. The Morgan fingerprint density at radius 2 is 1.20 bits per heavy atom. The molecule has 1 heteroatoms. The van der Waals surface area contributed by atoms with Crippen molar-refractivity contribution in [1.29, 1.82) is 0 Å². The number of rotatable bonds is 7. The Morgan fingerprint density at radius 3 is 1.98 bits per heavy atom. The van der Waals surface area contributed by atoms with E-state index < -0.39 is 0 Å². The lowest BCUT2D eigenvalue weighted by Gasteiger charge is -2.29. The van der Waals surface area contributed by atoms with Crippen molar-refractivity contribution >= 4 is 33.8 Å². The van der Waals surface area contributed by atoms with Crippen LogP contribution < -0.4 is 4.90 Å². The van der Waals surface area contributed by atoms with Gasteiger partial charge in [0.2, 0.25) is 0 Å². The largest absolute Gasteiger partial charge is 0.310 e. The van der Waals surface area contributed by atoms with E-state index in [0.29, 0.717) is 0 Å². The van der Waals surface area contributed by atoms with Crippen molar-refractivity contribution in [3.05, 3.63) is 192 Å². The van der Waals surface area contributed by atoms with Crippen molar-refractivity contribution in [3.8, 4) is 11.1 Å². The highest BCUT2D eigenvalue weighted by atomic mass is 15.1. The summed E-state index contributed by atoms with van der Waals surface area (Å²) in [5, 5.41) is 2.43. The maximum absolute atomic E-state index is 4.35. The van der Waals surface area contributed by atoms with Gasteiger partial charge in [-0.3, -0.25) is 0 Å². The first-order chi connectivity index (χ1) is 21.5. The van der Waals surface area contributed by atoms with E-state index in [1.54, 1.807) is 0 Å². The number of allylic oxidation sites excluding steroid dienone is 3. The Bertz CT molecular complexity index is 2040. The lowest BCUT2D eigenvalue weighted by molar-refractivity contribution is 0.660. The number of hydrogen-bond donors (Lipinski definition) is 0. The number of anilines is 2. The van der Waals surface area contributed by atoms with Crippen LogP contribution in [0.2, 0.25) is 0 Å². The van der Waals surface area contributed by atoms with E-state index in [1.807, 2.05) is 6.08 Å². The smallest absolute Gasteiger partial charge is 0.0468 e. The van der Waals surface area contributed by atoms with Gasteiger partial charge in [-0.25, -0.2) is 0 Å². The van der Waals surface area contributed by atoms with E-state index in [9.17, 15) is 0 Å². The van der Waals surface area contributed by atoms with Gasteiger partial charge in [-0.05, 0) is 92.2 Å². The number of fused-ring (bicyclic) bond motifs is 4. The highest BCUT2D eigenvalue weighted by molar-refractivity contribution is 5.92.